The number of ether oxygens (including phenoxy) is 1. The van der Waals surface area contributed by atoms with Gasteiger partial charge >= 0.3 is 5.97 Å². The van der Waals surface area contributed by atoms with Crippen molar-refractivity contribution in [2.45, 2.75) is 26.5 Å². The second kappa shape index (κ2) is 4.95. The largest absolute Gasteiger partial charge is 0.482 e. The lowest BCUT2D eigenvalue weighted by molar-refractivity contribution is 0.0658. The van der Waals surface area contributed by atoms with E-state index in [2.05, 4.69) is 5.10 Å². The highest BCUT2D eigenvalue weighted by Crippen LogP contribution is 2.15. The van der Waals surface area contributed by atoms with Crippen molar-refractivity contribution < 1.29 is 19.1 Å². The van der Waals surface area contributed by atoms with E-state index in [1.807, 2.05) is 13.8 Å². The maximum Gasteiger partial charge on any atom is 0.371 e. The van der Waals surface area contributed by atoms with Crippen LogP contribution in [0.4, 0.5) is 0 Å². The Balaban J connectivity index is 1.95. The lowest BCUT2D eigenvalue weighted by Crippen LogP contribution is -2.00. The number of aromatic nitrogens is 2. The summed E-state index contributed by atoms with van der Waals surface area (Å²) in [7, 11) is 0. The van der Waals surface area contributed by atoms with Crippen LogP contribution in [0.5, 0.6) is 5.75 Å². The maximum absolute atomic E-state index is 10.6. The lowest BCUT2D eigenvalue weighted by atomic mass is 10.4. The zero-order valence-corrected chi connectivity index (χ0v) is 10.2. The van der Waals surface area contributed by atoms with E-state index in [9.17, 15) is 4.79 Å². The number of furan rings is 1. The van der Waals surface area contributed by atoms with Crippen molar-refractivity contribution in [1.29, 1.82) is 0 Å². The van der Waals surface area contributed by atoms with Crippen molar-refractivity contribution in [1.82, 2.24) is 9.78 Å². The molecule has 2 aromatic heterocycles. The third kappa shape index (κ3) is 2.71. The van der Waals surface area contributed by atoms with Crippen LogP contribution in [0.2, 0.25) is 0 Å². The van der Waals surface area contributed by atoms with Crippen molar-refractivity contribution >= 4 is 5.97 Å². The Hall–Kier alpha value is -2.24. The predicted molar refractivity (Wildman–Crippen MR) is 62.6 cm³/mol. The number of carboxylic acids is 1. The number of aromatic carboxylic acids is 1. The lowest BCUT2D eigenvalue weighted by Gasteiger charge is -2.03. The summed E-state index contributed by atoms with van der Waals surface area (Å²) in [5.74, 6) is -0.0953. The van der Waals surface area contributed by atoms with Crippen LogP contribution in [0.1, 0.15) is 36.2 Å². The first-order chi connectivity index (χ1) is 8.56. The number of rotatable bonds is 5. The molecule has 0 unspecified atom stereocenters. The van der Waals surface area contributed by atoms with E-state index in [4.69, 9.17) is 14.3 Å². The van der Waals surface area contributed by atoms with Gasteiger partial charge < -0.3 is 14.3 Å². The Morgan fingerprint density at radius 1 is 1.56 bits per heavy atom. The number of carboxylic acid groups (broad SMARTS) is 1. The van der Waals surface area contributed by atoms with Gasteiger partial charge in [0, 0.05) is 6.04 Å². The summed E-state index contributed by atoms with van der Waals surface area (Å²) < 4.78 is 12.3. The molecule has 0 spiro atoms. The maximum atomic E-state index is 10.6. The van der Waals surface area contributed by atoms with Gasteiger partial charge in [-0.25, -0.2) is 4.79 Å². The van der Waals surface area contributed by atoms with E-state index >= 15 is 0 Å². The van der Waals surface area contributed by atoms with Crippen LogP contribution < -0.4 is 4.74 Å². The summed E-state index contributed by atoms with van der Waals surface area (Å²) in [6, 6.07) is 3.25. The summed E-state index contributed by atoms with van der Waals surface area (Å²) in [6.45, 7) is 4.21. The summed E-state index contributed by atoms with van der Waals surface area (Å²) >= 11 is 0. The van der Waals surface area contributed by atoms with Gasteiger partial charge in [-0.2, -0.15) is 5.10 Å². The van der Waals surface area contributed by atoms with Crippen molar-refractivity contribution in [3.8, 4) is 5.75 Å². The molecular formula is C12H14N2O4. The van der Waals surface area contributed by atoms with E-state index in [1.165, 1.54) is 6.07 Å². The fraction of sp³-hybridized carbons (Fsp3) is 0.333. The first-order valence-corrected chi connectivity index (χ1v) is 5.55. The first kappa shape index (κ1) is 12.2. The molecule has 6 heteroatoms. The molecule has 1 N–H and O–H groups in total. The second-order valence-electron chi connectivity index (χ2n) is 4.11. The van der Waals surface area contributed by atoms with E-state index < -0.39 is 5.97 Å². The molecule has 0 saturated carbocycles. The van der Waals surface area contributed by atoms with Gasteiger partial charge in [-0.05, 0) is 26.0 Å². The Kier molecular flexibility index (Phi) is 3.36. The van der Waals surface area contributed by atoms with E-state index in [0.717, 1.165) is 0 Å². The Bertz CT molecular complexity index is 542. The monoisotopic (exact) mass is 250 g/mol. The molecule has 0 radical (unpaired) electrons. The molecule has 0 fully saturated rings. The fourth-order valence-corrected chi connectivity index (χ4v) is 1.40. The van der Waals surface area contributed by atoms with Crippen molar-refractivity contribution in [3.63, 3.8) is 0 Å². The zero-order chi connectivity index (χ0) is 13.1. The van der Waals surface area contributed by atoms with E-state index in [1.54, 1.807) is 23.1 Å². The highest BCUT2D eigenvalue weighted by atomic mass is 16.5. The molecule has 0 aliphatic rings. The molecule has 18 heavy (non-hydrogen) atoms. The topological polar surface area (TPSA) is 77.5 Å². The zero-order valence-electron chi connectivity index (χ0n) is 10.2. The summed E-state index contributed by atoms with van der Waals surface area (Å²) in [5.41, 5.74) is 0. The van der Waals surface area contributed by atoms with E-state index in [-0.39, 0.29) is 18.4 Å². The molecule has 96 valence electrons. The SMILES string of the molecule is CC(C)n1cc(OCc2ccc(C(=O)O)o2)cn1. The molecule has 0 amide bonds. The predicted octanol–water partition coefficient (Wildman–Crippen LogP) is 2.33. The molecule has 0 aliphatic heterocycles. The minimum absolute atomic E-state index is 0.0912. The molecule has 0 bridgehead atoms. The summed E-state index contributed by atoms with van der Waals surface area (Å²) in [6.07, 6.45) is 3.40. The van der Waals surface area contributed by atoms with Gasteiger partial charge in [0.2, 0.25) is 5.76 Å². The Labute approximate surface area is 104 Å². The van der Waals surface area contributed by atoms with Crippen LogP contribution in [0.3, 0.4) is 0 Å². The van der Waals surface area contributed by atoms with Crippen LogP contribution in [-0.4, -0.2) is 20.9 Å². The van der Waals surface area contributed by atoms with Gasteiger partial charge in [0.15, 0.2) is 5.75 Å². The van der Waals surface area contributed by atoms with Gasteiger partial charge in [-0.3, -0.25) is 4.68 Å². The molecular weight excluding hydrogens is 236 g/mol. The third-order valence-corrected chi connectivity index (χ3v) is 2.36. The molecule has 2 heterocycles. The highest BCUT2D eigenvalue weighted by molar-refractivity contribution is 5.84. The van der Waals surface area contributed by atoms with Gasteiger partial charge in [0.1, 0.15) is 12.4 Å². The average molecular weight is 250 g/mol. The molecule has 2 rings (SSSR count). The standard InChI is InChI=1S/C12H14N2O4/c1-8(2)14-6-10(5-13-14)17-7-9-3-4-11(18-9)12(15)16/h3-6,8H,7H2,1-2H3,(H,15,16). The summed E-state index contributed by atoms with van der Waals surface area (Å²) in [5, 5.41) is 12.8. The first-order valence-electron chi connectivity index (χ1n) is 5.55. The Morgan fingerprint density at radius 3 is 2.89 bits per heavy atom. The van der Waals surface area contributed by atoms with Crippen molar-refractivity contribution in [3.05, 3.63) is 36.0 Å². The van der Waals surface area contributed by atoms with Gasteiger partial charge in [0.05, 0.1) is 12.4 Å². The van der Waals surface area contributed by atoms with Gasteiger partial charge in [-0.1, -0.05) is 0 Å². The quantitative estimate of drug-likeness (QED) is 0.881. The van der Waals surface area contributed by atoms with Crippen molar-refractivity contribution in [2.75, 3.05) is 0 Å². The Morgan fingerprint density at radius 2 is 2.33 bits per heavy atom. The molecule has 0 aromatic carbocycles. The number of carbonyl (C=O) groups is 1. The minimum atomic E-state index is -1.09. The van der Waals surface area contributed by atoms with Crippen molar-refractivity contribution in [2.24, 2.45) is 0 Å². The van der Waals surface area contributed by atoms with Crippen LogP contribution in [0, 0.1) is 0 Å². The molecule has 6 nitrogen and oxygen atoms in total. The molecule has 0 atom stereocenters. The minimum Gasteiger partial charge on any atom is -0.482 e. The number of hydrogen-bond donors (Lipinski definition) is 1. The highest BCUT2D eigenvalue weighted by Gasteiger charge is 2.09. The van der Waals surface area contributed by atoms with Crippen LogP contribution in [0.25, 0.3) is 0 Å². The molecule has 0 saturated heterocycles. The fourth-order valence-electron chi connectivity index (χ4n) is 1.40. The number of hydrogen-bond acceptors (Lipinski definition) is 4. The molecule has 2 aromatic rings. The van der Waals surface area contributed by atoms with Crippen LogP contribution in [-0.2, 0) is 6.61 Å². The van der Waals surface area contributed by atoms with E-state index in [0.29, 0.717) is 11.5 Å². The van der Waals surface area contributed by atoms with Gasteiger partial charge in [0.25, 0.3) is 0 Å². The molecule has 0 aliphatic carbocycles. The average Bonchev–Trinajstić information content (AvgIpc) is 2.95. The number of nitrogens with zero attached hydrogens (tertiary/aromatic N) is 2. The smallest absolute Gasteiger partial charge is 0.371 e. The second-order valence-corrected chi connectivity index (χ2v) is 4.11. The normalized spacial score (nSPS) is 10.8. The van der Waals surface area contributed by atoms with Gasteiger partial charge in [-0.15, -0.1) is 0 Å². The third-order valence-electron chi connectivity index (χ3n) is 2.36. The summed E-state index contributed by atoms with van der Waals surface area (Å²) in [4.78, 5) is 10.6. The van der Waals surface area contributed by atoms with Crippen LogP contribution >= 0.6 is 0 Å². The van der Waals surface area contributed by atoms with Crippen LogP contribution in [0.15, 0.2) is 28.9 Å².